The van der Waals surface area contributed by atoms with Crippen molar-refractivity contribution >= 4 is 45.6 Å². The lowest BCUT2D eigenvalue weighted by molar-refractivity contribution is -0.890. The number of carboxylic acid groups (broad SMARTS) is 1. The van der Waals surface area contributed by atoms with Crippen LogP contribution < -0.4 is 26.6 Å². The molecule has 0 aromatic carbocycles. The molecule has 0 saturated carbocycles. The second-order valence-corrected chi connectivity index (χ2v) is 19.5. The van der Waals surface area contributed by atoms with Gasteiger partial charge in [-0.3, -0.25) is 28.5 Å². The van der Waals surface area contributed by atoms with Crippen molar-refractivity contribution < 1.29 is 51.3 Å². The molecule has 17 heteroatoms. The van der Waals surface area contributed by atoms with Gasteiger partial charge in [0, 0.05) is 19.3 Å². The molecule has 0 fully saturated rings. The van der Waals surface area contributed by atoms with Crippen LogP contribution >= 0.6 is 0 Å². The Labute approximate surface area is 336 Å². The van der Waals surface area contributed by atoms with Gasteiger partial charge in [-0.1, -0.05) is 69.2 Å². The molecular weight excluding hydrogens is 745 g/mol. The van der Waals surface area contributed by atoms with Crippen LogP contribution in [0.2, 0.25) is 0 Å². The minimum atomic E-state index is -4.05. The number of carboxylic acids is 1. The molecule has 0 spiro atoms. The van der Waals surface area contributed by atoms with E-state index < -0.39 is 69.9 Å². The molecule has 5 atom stereocenters. The van der Waals surface area contributed by atoms with Crippen LogP contribution in [0.15, 0.2) is 0 Å². The SMILES string of the molecule is CC(C)C[C@H](NC(=O)[C@H](CC(C)C)NC(=O)[C@H](CC(C)C)NC(=O)[C@H](CC(C)C)NC(=O)[C@H](CC(C)C)NC(=O)CCC[N+](C)(C)CCCS(=O)(=O)O)C(=O)O. The van der Waals surface area contributed by atoms with Gasteiger partial charge in [-0.25, -0.2) is 4.79 Å². The van der Waals surface area contributed by atoms with Crippen molar-refractivity contribution in [1.82, 2.24) is 26.6 Å². The highest BCUT2D eigenvalue weighted by molar-refractivity contribution is 7.85. The first-order chi connectivity index (χ1) is 25.6. The molecule has 0 unspecified atom stereocenters. The maximum atomic E-state index is 13.9. The van der Waals surface area contributed by atoms with E-state index in [1.54, 1.807) is 0 Å². The van der Waals surface area contributed by atoms with Gasteiger partial charge in [0.25, 0.3) is 10.1 Å². The summed E-state index contributed by atoms with van der Waals surface area (Å²) >= 11 is 0. The number of quaternary nitrogens is 1. The van der Waals surface area contributed by atoms with Gasteiger partial charge in [0.15, 0.2) is 0 Å². The molecule has 0 saturated heterocycles. The molecular formula is C39H75N6O10S+. The van der Waals surface area contributed by atoms with Crippen molar-refractivity contribution in [3.63, 3.8) is 0 Å². The zero-order chi connectivity index (χ0) is 43.6. The van der Waals surface area contributed by atoms with Crippen molar-refractivity contribution in [2.24, 2.45) is 29.6 Å². The summed E-state index contributed by atoms with van der Waals surface area (Å²) in [7, 11) is -0.249. The van der Waals surface area contributed by atoms with Crippen molar-refractivity contribution in [2.45, 2.75) is 151 Å². The minimum absolute atomic E-state index is 0.000173. The van der Waals surface area contributed by atoms with Crippen LogP contribution in [0.25, 0.3) is 0 Å². The van der Waals surface area contributed by atoms with Crippen LogP contribution in [0.1, 0.15) is 121 Å². The van der Waals surface area contributed by atoms with Crippen LogP contribution in [0.3, 0.4) is 0 Å². The zero-order valence-corrected chi connectivity index (χ0v) is 36.9. The average Bonchev–Trinajstić information content (AvgIpc) is 3.00. The third kappa shape index (κ3) is 24.4. The molecule has 7 N–H and O–H groups in total. The summed E-state index contributed by atoms with van der Waals surface area (Å²) in [6.45, 7) is 19.8. The summed E-state index contributed by atoms with van der Waals surface area (Å²) in [4.78, 5) is 79.6. The first-order valence-electron chi connectivity index (χ1n) is 20.1. The van der Waals surface area contributed by atoms with Crippen LogP contribution in [-0.2, 0) is 38.9 Å². The first-order valence-corrected chi connectivity index (χ1v) is 21.7. The molecule has 16 nitrogen and oxygen atoms in total. The van der Waals surface area contributed by atoms with E-state index in [-0.39, 0.29) is 79.8 Å². The normalized spacial score (nSPS) is 15.0. The molecule has 0 bridgehead atoms. The Balaban J connectivity index is 5.96. The maximum absolute atomic E-state index is 13.9. The highest BCUT2D eigenvalue weighted by Gasteiger charge is 2.34. The van der Waals surface area contributed by atoms with Crippen molar-refractivity contribution in [1.29, 1.82) is 0 Å². The summed E-state index contributed by atoms with van der Waals surface area (Å²) in [6, 6.07) is -5.22. The number of carbonyl (C=O) groups excluding carboxylic acids is 5. The fourth-order valence-corrected chi connectivity index (χ4v) is 6.81. The molecule has 5 amide bonds. The number of carbonyl (C=O) groups is 6. The maximum Gasteiger partial charge on any atom is 0.326 e. The van der Waals surface area contributed by atoms with Crippen molar-refractivity contribution in [3.8, 4) is 0 Å². The third-order valence-electron chi connectivity index (χ3n) is 9.03. The molecule has 0 aromatic heterocycles. The fourth-order valence-electron chi connectivity index (χ4n) is 6.31. The Morgan fingerprint density at radius 2 is 0.786 bits per heavy atom. The van der Waals surface area contributed by atoms with Gasteiger partial charge >= 0.3 is 5.97 Å². The summed E-state index contributed by atoms with van der Waals surface area (Å²) in [5, 5.41) is 23.4. The summed E-state index contributed by atoms with van der Waals surface area (Å²) in [5.41, 5.74) is 0. The molecule has 0 aliphatic heterocycles. The molecule has 0 aliphatic carbocycles. The zero-order valence-electron chi connectivity index (χ0n) is 36.1. The van der Waals surface area contributed by atoms with E-state index in [1.165, 1.54) is 0 Å². The second kappa shape index (κ2) is 25.1. The van der Waals surface area contributed by atoms with Gasteiger partial charge in [0.05, 0.1) is 32.9 Å². The van der Waals surface area contributed by atoms with Gasteiger partial charge in [-0.2, -0.15) is 8.42 Å². The minimum Gasteiger partial charge on any atom is -0.480 e. The van der Waals surface area contributed by atoms with Crippen LogP contribution in [0.5, 0.6) is 0 Å². The molecule has 0 radical (unpaired) electrons. The third-order valence-corrected chi connectivity index (χ3v) is 9.84. The number of hydrogen-bond donors (Lipinski definition) is 7. The predicted octanol–water partition coefficient (Wildman–Crippen LogP) is 2.86. The Morgan fingerprint density at radius 3 is 1.09 bits per heavy atom. The predicted molar refractivity (Wildman–Crippen MR) is 217 cm³/mol. The molecule has 0 heterocycles. The highest BCUT2D eigenvalue weighted by atomic mass is 32.2. The second-order valence-electron chi connectivity index (χ2n) is 18.0. The molecule has 0 rings (SSSR count). The number of nitrogens with one attached hydrogen (secondary N) is 5. The fraction of sp³-hybridized carbons (Fsp3) is 0.846. The number of hydrogen-bond acceptors (Lipinski definition) is 8. The Hall–Kier alpha value is -3.31. The van der Waals surface area contributed by atoms with E-state index in [4.69, 9.17) is 4.55 Å². The molecule has 326 valence electrons. The molecule has 56 heavy (non-hydrogen) atoms. The van der Waals surface area contributed by atoms with Gasteiger partial charge in [-0.15, -0.1) is 0 Å². The standard InChI is InChI=1S/C39H74N6O10S/c1-24(2)19-29(40-34(46)15-13-16-45(11,12)17-14-18-56(53,54)55)35(47)41-30(20-25(3)4)36(48)42-31(21-26(5)6)37(49)43-32(22-27(7)8)38(50)44-33(39(51)52)23-28(9)10/h24-33H,13-23H2,1-12H3,(H6-,40,41,42,43,44,46,47,48,49,50,51,52,53,54,55)/p+1/t29-,30-,31-,32-,33-/m0/s1. The van der Waals surface area contributed by atoms with Gasteiger partial charge in [0.1, 0.15) is 30.2 Å². The summed E-state index contributed by atoms with van der Waals surface area (Å²) < 4.78 is 31.6. The highest BCUT2D eigenvalue weighted by Crippen LogP contribution is 2.14. The van der Waals surface area contributed by atoms with Crippen LogP contribution in [0.4, 0.5) is 0 Å². The lowest BCUT2D eigenvalue weighted by Crippen LogP contribution is -2.59. The van der Waals surface area contributed by atoms with Gasteiger partial charge in [-0.05, 0) is 61.7 Å². The van der Waals surface area contributed by atoms with E-state index in [2.05, 4.69) is 26.6 Å². The average molecular weight is 820 g/mol. The number of amides is 5. The van der Waals surface area contributed by atoms with Crippen molar-refractivity contribution in [2.75, 3.05) is 32.9 Å². The topological polar surface area (TPSA) is 237 Å². The number of rotatable bonds is 28. The van der Waals surface area contributed by atoms with E-state index in [0.29, 0.717) is 30.4 Å². The summed E-state index contributed by atoms with van der Waals surface area (Å²) in [6.07, 6.45) is 2.08. The van der Waals surface area contributed by atoms with Crippen molar-refractivity contribution in [3.05, 3.63) is 0 Å². The van der Waals surface area contributed by atoms with E-state index in [0.717, 1.165) is 0 Å². The smallest absolute Gasteiger partial charge is 0.326 e. The Kier molecular flexibility index (Phi) is 23.7. The van der Waals surface area contributed by atoms with Crippen LogP contribution in [-0.4, -0.2) is 121 Å². The lowest BCUT2D eigenvalue weighted by atomic mass is 9.97. The van der Waals surface area contributed by atoms with Gasteiger partial charge in [0.2, 0.25) is 29.5 Å². The Bertz CT molecular complexity index is 1380. The largest absolute Gasteiger partial charge is 0.480 e. The van der Waals surface area contributed by atoms with E-state index in [1.807, 2.05) is 83.3 Å². The first kappa shape index (κ1) is 52.7. The summed E-state index contributed by atoms with van der Waals surface area (Å²) in [5.74, 6) is -4.32. The molecule has 0 aromatic rings. The number of aliphatic carboxylic acids is 1. The molecule has 0 aliphatic rings. The van der Waals surface area contributed by atoms with Crippen LogP contribution in [0, 0.1) is 29.6 Å². The van der Waals surface area contributed by atoms with E-state index >= 15 is 0 Å². The lowest BCUT2D eigenvalue weighted by Gasteiger charge is -2.30. The van der Waals surface area contributed by atoms with E-state index in [9.17, 15) is 42.3 Å². The Morgan fingerprint density at radius 1 is 0.500 bits per heavy atom. The monoisotopic (exact) mass is 820 g/mol. The van der Waals surface area contributed by atoms with Gasteiger partial charge < -0.3 is 36.2 Å². The quantitative estimate of drug-likeness (QED) is 0.0450. The number of nitrogens with zero attached hydrogens (tertiary/aromatic N) is 1.